The predicted molar refractivity (Wildman–Crippen MR) is 123 cm³/mol. The quantitative estimate of drug-likeness (QED) is 0.452. The van der Waals surface area contributed by atoms with Gasteiger partial charge in [0.15, 0.2) is 0 Å². The molecule has 2 aliphatic heterocycles. The fourth-order valence-electron chi connectivity index (χ4n) is 3.06. The molecule has 2 aromatic carbocycles. The van der Waals surface area contributed by atoms with Crippen molar-refractivity contribution >= 4 is 43.2 Å². The summed E-state index contributed by atoms with van der Waals surface area (Å²) in [5.41, 5.74) is -0.668. The highest BCUT2D eigenvalue weighted by molar-refractivity contribution is 9.10. The normalized spacial score (nSPS) is 41.5. The van der Waals surface area contributed by atoms with Gasteiger partial charge in [-0.15, -0.1) is 0 Å². The molecule has 2 aromatic rings. The minimum Gasteiger partial charge on any atom is -0.372 e. The first-order valence-electron chi connectivity index (χ1n) is 16.2. The molecule has 2 nitrogen and oxygen atoms in total. The molecule has 2 aliphatic rings. The molecule has 0 aliphatic carbocycles. The van der Waals surface area contributed by atoms with Crippen LogP contribution in [0.15, 0.2) is 45.3 Å². The Bertz CT molecular complexity index is 1310. The van der Waals surface area contributed by atoms with E-state index >= 15 is 0 Å². The van der Waals surface area contributed by atoms with Crippen molar-refractivity contribution < 1.29 is 21.9 Å². The lowest BCUT2D eigenvalue weighted by atomic mass is 9.77. The minimum atomic E-state index is -3.24. The number of halogens is 2. The van der Waals surface area contributed by atoms with Gasteiger partial charge in [-0.2, -0.15) is 0 Å². The fraction of sp³-hybridized carbons (Fsp3) is 0.478. The monoisotopic (exact) mass is 506 g/mol. The molecule has 2 saturated heterocycles. The van der Waals surface area contributed by atoms with E-state index in [0.717, 1.165) is 0 Å². The highest BCUT2D eigenvalue weighted by Crippen LogP contribution is 2.42. The Balaban J connectivity index is 1.90. The summed E-state index contributed by atoms with van der Waals surface area (Å²) in [4.78, 5) is 0.879. The van der Waals surface area contributed by atoms with Crippen LogP contribution in [-0.4, -0.2) is 26.0 Å². The summed E-state index contributed by atoms with van der Waals surface area (Å²) in [6.45, 7) is -9.03. The van der Waals surface area contributed by atoms with E-state index in [9.17, 15) is 0 Å². The largest absolute Gasteiger partial charge is 0.372 e. The van der Waals surface area contributed by atoms with Gasteiger partial charge in [-0.1, -0.05) is 45.7 Å². The number of anilines is 2. The van der Waals surface area contributed by atoms with Gasteiger partial charge in [0.25, 0.3) is 0 Å². The van der Waals surface area contributed by atoms with Crippen molar-refractivity contribution in [2.24, 2.45) is 0 Å². The van der Waals surface area contributed by atoms with Gasteiger partial charge in [-0.3, -0.25) is 0 Å². The van der Waals surface area contributed by atoms with Crippen molar-refractivity contribution in [3.05, 3.63) is 56.5 Å². The lowest BCUT2D eigenvalue weighted by molar-refractivity contribution is 0.633. The van der Waals surface area contributed by atoms with Gasteiger partial charge in [0.1, 0.15) is 0 Å². The van der Waals surface area contributed by atoms with Crippen LogP contribution in [0.1, 0.15) is 72.4 Å². The molecular weight excluding hydrogens is 464 g/mol. The zero-order valence-corrected chi connectivity index (χ0v) is 17.8. The summed E-state index contributed by atoms with van der Waals surface area (Å²) in [5.74, 6) is 0. The molecule has 144 valence electrons. The zero-order chi connectivity index (χ0) is 33.4. The molecule has 4 heteroatoms. The van der Waals surface area contributed by atoms with E-state index in [1.165, 1.54) is 36.4 Å². The zero-order valence-electron chi connectivity index (χ0n) is 30.6. The number of nitrogens with zero attached hydrogens (tertiary/aromatic N) is 2. The molecule has 4 rings (SSSR count). The van der Waals surface area contributed by atoms with E-state index in [-0.39, 0.29) is 11.4 Å². The van der Waals surface area contributed by atoms with Gasteiger partial charge >= 0.3 is 0 Å². The Morgan fingerprint density at radius 2 is 1.11 bits per heavy atom. The third kappa shape index (κ3) is 3.80. The molecule has 0 bridgehead atoms. The molecule has 2 heterocycles. The fourth-order valence-corrected chi connectivity index (χ4v) is 4.54. The molecular formula is C23H28Br2N2. The second kappa shape index (κ2) is 7.79. The van der Waals surface area contributed by atoms with Crippen LogP contribution >= 0.6 is 31.9 Å². The van der Waals surface area contributed by atoms with E-state index in [1.807, 2.05) is 0 Å². The maximum Gasteiger partial charge on any atom is 0.0493 e. The molecule has 0 aromatic heterocycles. The average Bonchev–Trinajstić information content (AvgIpc) is 2.96. The molecule has 0 unspecified atom stereocenters. The Morgan fingerprint density at radius 3 is 1.48 bits per heavy atom. The molecule has 0 amide bonds. The van der Waals surface area contributed by atoms with Crippen LogP contribution in [0.3, 0.4) is 0 Å². The highest BCUT2D eigenvalue weighted by atomic mass is 79.9. The Morgan fingerprint density at radius 1 is 0.741 bits per heavy atom. The van der Waals surface area contributed by atoms with E-state index in [0.29, 0.717) is 29.9 Å². The van der Waals surface area contributed by atoms with Crippen LogP contribution in [0, 0.1) is 0 Å². The summed E-state index contributed by atoms with van der Waals surface area (Å²) in [7, 11) is 0. The lowest BCUT2D eigenvalue weighted by Crippen LogP contribution is -2.24. The van der Waals surface area contributed by atoms with Crippen molar-refractivity contribution in [1.82, 2.24) is 0 Å². The summed E-state index contributed by atoms with van der Waals surface area (Å²) < 4.78 is 133. The first-order chi connectivity index (χ1) is 19.0. The number of hydrogen-bond donors (Lipinski definition) is 0. The van der Waals surface area contributed by atoms with Gasteiger partial charge in [0.2, 0.25) is 0 Å². The standard InChI is InChI=1S/C23H28Br2N2/c1-23(2,19-15-17(7-9-21(19)24)26-11-3-4-12-26)20-16-18(8-10-22(20)25)27-13-5-6-14-27/h7-10,15-16H,3-6,11-14H2,1-2H3/i3D2,4D2,5D2,6D2,11D2,12D2,13D2,14D2. The molecule has 2 fully saturated rings. The van der Waals surface area contributed by atoms with Gasteiger partial charge in [-0.05, 0) is 73.0 Å². The van der Waals surface area contributed by atoms with E-state index in [4.69, 9.17) is 21.9 Å². The van der Waals surface area contributed by atoms with Crippen molar-refractivity contribution in [3.63, 3.8) is 0 Å². The van der Waals surface area contributed by atoms with Crippen LogP contribution < -0.4 is 9.80 Å². The number of hydrogen-bond acceptors (Lipinski definition) is 2. The molecule has 0 spiro atoms. The average molecular weight is 508 g/mol. The smallest absolute Gasteiger partial charge is 0.0493 e. The van der Waals surface area contributed by atoms with Gasteiger partial charge in [0.05, 0.1) is 0 Å². The van der Waals surface area contributed by atoms with Crippen molar-refractivity contribution in [3.8, 4) is 0 Å². The molecule has 0 radical (unpaired) electrons. The summed E-state index contributed by atoms with van der Waals surface area (Å²) in [6, 6.07) is 8.34. The van der Waals surface area contributed by atoms with E-state index in [1.54, 1.807) is 13.8 Å². The van der Waals surface area contributed by atoms with Crippen LogP contribution in [0.5, 0.6) is 0 Å². The van der Waals surface area contributed by atoms with Crippen molar-refractivity contribution in [2.75, 3.05) is 35.8 Å². The summed E-state index contributed by atoms with van der Waals surface area (Å²) >= 11 is 6.90. The maximum absolute atomic E-state index is 8.42. The lowest BCUT2D eigenvalue weighted by Gasteiger charge is -2.31. The Hall–Kier alpha value is -1.00. The van der Waals surface area contributed by atoms with Crippen LogP contribution in [0.4, 0.5) is 11.4 Å². The van der Waals surface area contributed by atoms with Crippen molar-refractivity contribution in [1.29, 1.82) is 0 Å². The molecule has 0 saturated carbocycles. The maximum atomic E-state index is 8.42. The first kappa shape index (κ1) is 8.02. The Labute approximate surface area is 202 Å². The molecule has 0 N–H and O–H groups in total. The SMILES string of the molecule is [2H]C1([2H])N(c2ccc(Br)c(C(C)(C)c3cc(N4C([2H])([2H])C([2H])([2H])C([2H])([2H])C4([2H])[2H])ccc3Br)c2)C([2H])([2H])C([2H])([2H])C1([2H])[2H]. The number of rotatable bonds is 4. The molecule has 27 heavy (non-hydrogen) atoms. The predicted octanol–water partition coefficient (Wildman–Crippen LogP) is 6.74. The number of benzene rings is 2. The minimum absolute atomic E-state index is 0.160. The highest BCUT2D eigenvalue weighted by Gasteiger charge is 2.29. The van der Waals surface area contributed by atoms with E-state index < -0.39 is 56.9 Å². The van der Waals surface area contributed by atoms with E-state index in [2.05, 4.69) is 31.9 Å². The van der Waals surface area contributed by atoms with Crippen LogP contribution in [0.25, 0.3) is 0 Å². The van der Waals surface area contributed by atoms with Gasteiger partial charge in [-0.25, -0.2) is 0 Å². The summed E-state index contributed by atoms with van der Waals surface area (Å²) in [6.07, 6.45) is -13.0. The second-order valence-electron chi connectivity index (χ2n) is 6.57. The van der Waals surface area contributed by atoms with Crippen molar-refractivity contribution in [2.45, 2.75) is 44.8 Å². The Kier molecular flexibility index (Phi) is 2.31. The van der Waals surface area contributed by atoms with Gasteiger partial charge in [0, 0.05) is 73.7 Å². The third-order valence-corrected chi connectivity index (χ3v) is 5.94. The van der Waals surface area contributed by atoms with Gasteiger partial charge < -0.3 is 9.80 Å². The first-order valence-corrected chi connectivity index (χ1v) is 9.78. The van der Waals surface area contributed by atoms with Crippen LogP contribution in [0.2, 0.25) is 0 Å². The summed E-state index contributed by atoms with van der Waals surface area (Å²) in [5, 5.41) is 0. The third-order valence-electron chi connectivity index (χ3n) is 4.56. The molecule has 0 atom stereocenters. The van der Waals surface area contributed by atoms with Crippen LogP contribution in [-0.2, 0) is 5.41 Å². The second-order valence-corrected chi connectivity index (χ2v) is 8.28. The topological polar surface area (TPSA) is 6.48 Å².